The fraction of sp³-hybridized carbons (Fsp3) is 0. The summed E-state index contributed by atoms with van der Waals surface area (Å²) in [4.78, 5) is 20.7. The molecule has 8 heteroatoms. The Bertz CT molecular complexity index is 736. The Morgan fingerprint density at radius 2 is 1.86 bits per heavy atom. The molecule has 0 aromatic heterocycles. The van der Waals surface area contributed by atoms with Crippen molar-refractivity contribution >= 4 is 43.8 Å². The number of carbonyl (C=O) groups is 1. The molecule has 2 aromatic carbocycles. The van der Waals surface area contributed by atoms with E-state index in [1.807, 2.05) is 0 Å². The number of ether oxygens (including phenoxy) is 1. The zero-order valence-corrected chi connectivity index (χ0v) is 13.4. The molecular weight excluding hydrogens is 413 g/mol. The van der Waals surface area contributed by atoms with Crippen LogP contribution in [0, 0.1) is 15.9 Å². The van der Waals surface area contributed by atoms with Gasteiger partial charge in [0.05, 0.1) is 15.5 Å². The predicted molar refractivity (Wildman–Crippen MR) is 80.4 cm³/mol. The zero-order chi connectivity index (χ0) is 15.6. The maximum Gasteiger partial charge on any atom is 0.272 e. The van der Waals surface area contributed by atoms with Crippen LogP contribution in [0.1, 0.15) is 10.4 Å². The molecule has 0 amide bonds. The molecule has 0 heterocycles. The Balaban J connectivity index is 2.38. The Morgan fingerprint density at radius 3 is 2.43 bits per heavy atom. The Kier molecular flexibility index (Phi) is 4.69. The van der Waals surface area contributed by atoms with Crippen molar-refractivity contribution in [3.8, 4) is 11.5 Å². The van der Waals surface area contributed by atoms with E-state index in [0.29, 0.717) is 20.8 Å². The normalized spacial score (nSPS) is 10.2. The fourth-order valence-electron chi connectivity index (χ4n) is 1.52. The summed E-state index contributed by atoms with van der Waals surface area (Å²) >= 11 is 6.43. The van der Waals surface area contributed by atoms with E-state index in [-0.39, 0.29) is 17.2 Å². The first-order chi connectivity index (χ1) is 9.92. The number of hydrogen-bond acceptors (Lipinski definition) is 4. The molecule has 0 fully saturated rings. The lowest BCUT2D eigenvalue weighted by molar-refractivity contribution is -0.385. The van der Waals surface area contributed by atoms with Gasteiger partial charge in [-0.25, -0.2) is 4.39 Å². The van der Waals surface area contributed by atoms with Gasteiger partial charge < -0.3 is 4.74 Å². The van der Waals surface area contributed by atoms with Crippen LogP contribution in [0.25, 0.3) is 0 Å². The highest BCUT2D eigenvalue weighted by Crippen LogP contribution is 2.35. The second-order valence-corrected chi connectivity index (χ2v) is 5.60. The molecule has 0 aliphatic rings. The third-order valence-corrected chi connectivity index (χ3v) is 3.83. The highest BCUT2D eigenvalue weighted by molar-refractivity contribution is 9.11. The van der Waals surface area contributed by atoms with Gasteiger partial charge in [0.1, 0.15) is 5.75 Å². The number of nitrogens with zero attached hydrogens (tertiary/aromatic N) is 1. The van der Waals surface area contributed by atoms with E-state index < -0.39 is 10.7 Å². The molecule has 2 rings (SSSR count). The maximum atomic E-state index is 13.8. The molecule has 0 atom stereocenters. The quantitative estimate of drug-likeness (QED) is 0.403. The average Bonchev–Trinajstić information content (AvgIpc) is 2.43. The molecule has 0 spiro atoms. The van der Waals surface area contributed by atoms with Crippen molar-refractivity contribution < 1.29 is 18.8 Å². The van der Waals surface area contributed by atoms with Gasteiger partial charge in [0.2, 0.25) is 0 Å². The van der Waals surface area contributed by atoms with E-state index in [1.54, 1.807) is 6.07 Å². The topological polar surface area (TPSA) is 69.4 Å². The number of benzene rings is 2. The molecule has 0 bridgehead atoms. The molecule has 0 saturated carbocycles. The van der Waals surface area contributed by atoms with E-state index in [1.165, 1.54) is 6.07 Å². The smallest absolute Gasteiger partial charge is 0.272 e. The number of nitro groups is 1. The van der Waals surface area contributed by atoms with Gasteiger partial charge in [-0.05, 0) is 34.1 Å². The molecule has 0 aliphatic heterocycles. The standard InChI is InChI=1S/C13H6Br2FNO4/c14-9-5-10(15)13(3-7(9)6-18)21-12-2-1-8(17(19)20)4-11(12)16/h1-6H. The Hall–Kier alpha value is -1.80. The number of non-ortho nitro benzene ring substituents is 1. The van der Waals surface area contributed by atoms with Crippen molar-refractivity contribution in [2.24, 2.45) is 0 Å². The number of aldehydes is 1. The maximum absolute atomic E-state index is 13.8. The number of carbonyl (C=O) groups excluding carboxylic acids is 1. The van der Waals surface area contributed by atoms with E-state index in [2.05, 4.69) is 31.9 Å². The molecule has 0 unspecified atom stereocenters. The van der Waals surface area contributed by atoms with Crippen molar-refractivity contribution in [1.29, 1.82) is 0 Å². The van der Waals surface area contributed by atoms with Crippen LogP contribution in [0.4, 0.5) is 10.1 Å². The molecule has 0 aliphatic carbocycles. The van der Waals surface area contributed by atoms with E-state index >= 15 is 0 Å². The lowest BCUT2D eigenvalue weighted by atomic mass is 10.2. The number of rotatable bonds is 4. The number of halogens is 3. The third kappa shape index (κ3) is 3.45. The van der Waals surface area contributed by atoms with Crippen molar-refractivity contribution in [2.45, 2.75) is 0 Å². The van der Waals surface area contributed by atoms with Crippen LogP contribution in [-0.2, 0) is 0 Å². The van der Waals surface area contributed by atoms with Crippen LogP contribution >= 0.6 is 31.9 Å². The van der Waals surface area contributed by atoms with Crippen molar-refractivity contribution in [1.82, 2.24) is 0 Å². The average molecular weight is 419 g/mol. The second-order valence-electron chi connectivity index (χ2n) is 3.90. The first-order valence-electron chi connectivity index (χ1n) is 5.48. The third-order valence-electron chi connectivity index (χ3n) is 2.52. The van der Waals surface area contributed by atoms with E-state index in [0.717, 1.165) is 18.2 Å². The Morgan fingerprint density at radius 1 is 1.14 bits per heavy atom. The number of hydrogen-bond donors (Lipinski definition) is 0. The predicted octanol–water partition coefficient (Wildman–Crippen LogP) is 4.86. The monoisotopic (exact) mass is 417 g/mol. The van der Waals surface area contributed by atoms with Crippen LogP contribution in [0.15, 0.2) is 39.3 Å². The van der Waals surface area contributed by atoms with Gasteiger partial charge in [0.15, 0.2) is 17.9 Å². The van der Waals surface area contributed by atoms with Crippen molar-refractivity contribution in [2.75, 3.05) is 0 Å². The summed E-state index contributed by atoms with van der Waals surface area (Å²) in [5.74, 6) is -0.833. The lowest BCUT2D eigenvalue weighted by Crippen LogP contribution is -1.94. The van der Waals surface area contributed by atoms with Gasteiger partial charge in [0.25, 0.3) is 5.69 Å². The van der Waals surface area contributed by atoms with Crippen molar-refractivity contribution in [3.63, 3.8) is 0 Å². The van der Waals surface area contributed by atoms with Crippen LogP contribution < -0.4 is 4.74 Å². The summed E-state index contributed by atoms with van der Waals surface area (Å²) in [6.07, 6.45) is 0.621. The minimum Gasteiger partial charge on any atom is -0.453 e. The SMILES string of the molecule is O=Cc1cc(Oc2ccc([N+](=O)[O-])cc2F)c(Br)cc1Br. The van der Waals surface area contributed by atoms with E-state index in [4.69, 9.17) is 4.74 Å². The Labute approximate surface area is 135 Å². The zero-order valence-electron chi connectivity index (χ0n) is 10.2. The summed E-state index contributed by atoms with van der Waals surface area (Å²) in [7, 11) is 0. The van der Waals surface area contributed by atoms with Gasteiger partial charge in [-0.2, -0.15) is 0 Å². The summed E-state index contributed by atoms with van der Waals surface area (Å²) in [6, 6.07) is 6.06. The first kappa shape index (κ1) is 15.6. The highest BCUT2D eigenvalue weighted by atomic mass is 79.9. The minimum atomic E-state index is -0.869. The summed E-state index contributed by atoms with van der Waals surface area (Å²) in [6.45, 7) is 0. The van der Waals surface area contributed by atoms with Crippen LogP contribution in [-0.4, -0.2) is 11.2 Å². The number of nitro benzene ring substituents is 1. The summed E-state index contributed by atoms with van der Waals surface area (Å²) in [5.41, 5.74) is -0.0428. The highest BCUT2D eigenvalue weighted by Gasteiger charge is 2.14. The molecular formula is C13H6Br2FNO4. The largest absolute Gasteiger partial charge is 0.453 e. The summed E-state index contributed by atoms with van der Waals surface area (Å²) < 4.78 is 20.2. The van der Waals surface area contributed by atoms with Crippen LogP contribution in [0.2, 0.25) is 0 Å². The van der Waals surface area contributed by atoms with Crippen LogP contribution in [0.5, 0.6) is 11.5 Å². The van der Waals surface area contributed by atoms with Gasteiger partial charge in [-0.15, -0.1) is 0 Å². The van der Waals surface area contributed by atoms with Crippen molar-refractivity contribution in [3.05, 3.63) is 60.8 Å². The fourth-order valence-corrected chi connectivity index (χ4v) is 2.69. The van der Waals surface area contributed by atoms with Gasteiger partial charge in [0, 0.05) is 16.1 Å². The molecule has 0 N–H and O–H groups in total. The molecule has 5 nitrogen and oxygen atoms in total. The molecule has 21 heavy (non-hydrogen) atoms. The summed E-state index contributed by atoms with van der Waals surface area (Å²) in [5, 5.41) is 10.5. The van der Waals surface area contributed by atoms with E-state index in [9.17, 15) is 19.3 Å². The lowest BCUT2D eigenvalue weighted by Gasteiger charge is -2.10. The molecule has 108 valence electrons. The second kappa shape index (κ2) is 6.31. The van der Waals surface area contributed by atoms with Gasteiger partial charge in [-0.3, -0.25) is 14.9 Å². The first-order valence-corrected chi connectivity index (χ1v) is 7.07. The minimum absolute atomic E-state index is 0.180. The van der Waals surface area contributed by atoms with Gasteiger partial charge >= 0.3 is 0 Å². The molecule has 2 aromatic rings. The molecule has 0 saturated heterocycles. The molecule has 0 radical (unpaired) electrons. The van der Waals surface area contributed by atoms with Gasteiger partial charge in [-0.1, -0.05) is 15.9 Å². The van der Waals surface area contributed by atoms with Crippen LogP contribution in [0.3, 0.4) is 0 Å².